The standard InChI is InChI=1S/C22H18N2O4S/c1-2-27-19-6-4-3-5-17(19)22-24-16(13-29-22)12-20(25)23-15-8-9-18-14(11-15)7-10-21(26)28-18/h3-11,13H,2,12H2,1H3,(H,23,25). The molecule has 146 valence electrons. The van der Waals surface area contributed by atoms with Crippen molar-refractivity contribution in [2.45, 2.75) is 13.3 Å². The minimum absolute atomic E-state index is 0.162. The summed E-state index contributed by atoms with van der Waals surface area (Å²) in [6.45, 7) is 2.52. The quantitative estimate of drug-likeness (QED) is 0.477. The molecule has 7 heteroatoms. The van der Waals surface area contributed by atoms with Crippen molar-refractivity contribution in [1.29, 1.82) is 0 Å². The third kappa shape index (κ3) is 4.35. The first-order valence-corrected chi connectivity index (χ1v) is 10.0. The molecule has 0 fully saturated rings. The van der Waals surface area contributed by atoms with E-state index < -0.39 is 5.63 Å². The Bertz CT molecular complexity index is 1230. The zero-order valence-electron chi connectivity index (χ0n) is 15.7. The number of aromatic nitrogens is 1. The Hall–Kier alpha value is -3.45. The molecule has 1 N–H and O–H groups in total. The fourth-order valence-electron chi connectivity index (χ4n) is 2.96. The monoisotopic (exact) mass is 406 g/mol. The van der Waals surface area contributed by atoms with Gasteiger partial charge in [-0.25, -0.2) is 9.78 Å². The van der Waals surface area contributed by atoms with Crippen LogP contribution in [0.4, 0.5) is 5.69 Å². The van der Waals surface area contributed by atoms with E-state index in [4.69, 9.17) is 9.15 Å². The van der Waals surface area contributed by atoms with Gasteiger partial charge < -0.3 is 14.5 Å². The number of carbonyl (C=O) groups is 1. The number of nitrogens with one attached hydrogen (secondary N) is 1. The summed E-state index contributed by atoms with van der Waals surface area (Å²) in [7, 11) is 0. The third-order valence-corrected chi connectivity index (χ3v) is 5.14. The van der Waals surface area contributed by atoms with E-state index in [-0.39, 0.29) is 12.3 Å². The van der Waals surface area contributed by atoms with E-state index in [1.54, 1.807) is 24.3 Å². The zero-order chi connectivity index (χ0) is 20.2. The number of rotatable bonds is 6. The molecule has 1 amide bonds. The van der Waals surface area contributed by atoms with Crippen LogP contribution in [-0.4, -0.2) is 17.5 Å². The first-order chi connectivity index (χ1) is 14.1. The van der Waals surface area contributed by atoms with E-state index in [0.29, 0.717) is 23.6 Å². The van der Waals surface area contributed by atoms with E-state index in [9.17, 15) is 9.59 Å². The second-order valence-corrected chi connectivity index (χ2v) is 7.16. The van der Waals surface area contributed by atoms with Gasteiger partial charge in [0.25, 0.3) is 0 Å². The molecular formula is C22H18N2O4S. The van der Waals surface area contributed by atoms with Crippen LogP contribution >= 0.6 is 11.3 Å². The van der Waals surface area contributed by atoms with Crippen molar-refractivity contribution in [3.63, 3.8) is 0 Å². The molecule has 2 heterocycles. The maximum absolute atomic E-state index is 12.4. The van der Waals surface area contributed by atoms with Gasteiger partial charge in [0.05, 0.1) is 24.3 Å². The second-order valence-electron chi connectivity index (χ2n) is 6.31. The summed E-state index contributed by atoms with van der Waals surface area (Å²) >= 11 is 1.48. The SMILES string of the molecule is CCOc1ccccc1-c1nc(CC(=O)Nc2ccc3oc(=O)ccc3c2)cs1. The molecule has 29 heavy (non-hydrogen) atoms. The number of carbonyl (C=O) groups excluding carboxylic acids is 1. The van der Waals surface area contributed by atoms with E-state index in [0.717, 1.165) is 21.7 Å². The lowest BCUT2D eigenvalue weighted by molar-refractivity contribution is -0.115. The summed E-state index contributed by atoms with van der Waals surface area (Å²) in [5.74, 6) is 0.611. The van der Waals surface area contributed by atoms with Gasteiger partial charge in [-0.3, -0.25) is 4.79 Å². The van der Waals surface area contributed by atoms with Crippen molar-refractivity contribution < 1.29 is 13.9 Å². The minimum Gasteiger partial charge on any atom is -0.493 e. The first-order valence-electron chi connectivity index (χ1n) is 9.13. The molecule has 0 saturated heterocycles. The normalized spacial score (nSPS) is 10.8. The number of hydrogen-bond acceptors (Lipinski definition) is 6. The van der Waals surface area contributed by atoms with Gasteiger partial charge >= 0.3 is 5.63 Å². The van der Waals surface area contributed by atoms with Crippen molar-refractivity contribution in [3.05, 3.63) is 76.1 Å². The Morgan fingerprint density at radius 2 is 2.03 bits per heavy atom. The molecule has 2 aromatic carbocycles. The Labute approximate surface area is 170 Å². The number of nitrogens with zero attached hydrogens (tertiary/aromatic N) is 1. The van der Waals surface area contributed by atoms with Gasteiger partial charge in [0.15, 0.2) is 0 Å². The van der Waals surface area contributed by atoms with Gasteiger partial charge in [-0.2, -0.15) is 0 Å². The van der Waals surface area contributed by atoms with Gasteiger partial charge in [-0.1, -0.05) is 12.1 Å². The number of anilines is 1. The Morgan fingerprint density at radius 1 is 1.17 bits per heavy atom. The molecule has 0 atom stereocenters. The number of benzene rings is 2. The summed E-state index contributed by atoms with van der Waals surface area (Å²) in [5, 5.41) is 6.30. The smallest absolute Gasteiger partial charge is 0.336 e. The predicted molar refractivity (Wildman–Crippen MR) is 114 cm³/mol. The van der Waals surface area contributed by atoms with Crippen LogP contribution in [0.2, 0.25) is 0 Å². The van der Waals surface area contributed by atoms with Crippen LogP contribution in [0.5, 0.6) is 5.75 Å². The van der Waals surface area contributed by atoms with E-state index in [1.807, 2.05) is 36.6 Å². The third-order valence-electron chi connectivity index (χ3n) is 4.21. The summed E-state index contributed by atoms with van der Waals surface area (Å²) in [6, 6.07) is 15.9. The summed E-state index contributed by atoms with van der Waals surface area (Å²) in [4.78, 5) is 28.3. The van der Waals surface area contributed by atoms with Gasteiger partial charge in [0, 0.05) is 22.5 Å². The molecule has 4 aromatic rings. The minimum atomic E-state index is -0.403. The number of hydrogen-bond donors (Lipinski definition) is 1. The molecule has 0 saturated carbocycles. The summed E-state index contributed by atoms with van der Waals surface area (Å²) < 4.78 is 10.8. The average molecular weight is 406 g/mol. The van der Waals surface area contributed by atoms with Crippen molar-refractivity contribution in [3.8, 4) is 16.3 Å². The van der Waals surface area contributed by atoms with E-state index >= 15 is 0 Å². The second kappa shape index (κ2) is 8.28. The van der Waals surface area contributed by atoms with Crippen LogP contribution in [0.1, 0.15) is 12.6 Å². The van der Waals surface area contributed by atoms with Crippen LogP contribution in [-0.2, 0) is 11.2 Å². The number of amides is 1. The molecule has 0 aliphatic carbocycles. The van der Waals surface area contributed by atoms with Crippen LogP contribution in [0.3, 0.4) is 0 Å². The largest absolute Gasteiger partial charge is 0.493 e. The molecular weight excluding hydrogens is 388 g/mol. The number of fused-ring (bicyclic) bond motifs is 1. The highest BCUT2D eigenvalue weighted by molar-refractivity contribution is 7.13. The highest BCUT2D eigenvalue weighted by Crippen LogP contribution is 2.32. The molecule has 2 aromatic heterocycles. The fraction of sp³-hybridized carbons (Fsp3) is 0.136. The van der Waals surface area contributed by atoms with Crippen LogP contribution < -0.4 is 15.7 Å². The Balaban J connectivity index is 1.47. The summed E-state index contributed by atoms with van der Waals surface area (Å²) in [6.07, 6.45) is 0.162. The van der Waals surface area contributed by atoms with Crippen molar-refractivity contribution in [2.24, 2.45) is 0 Å². The van der Waals surface area contributed by atoms with Crippen LogP contribution in [0.15, 0.2) is 69.2 Å². The first kappa shape index (κ1) is 18.9. The number of thiazole rings is 1. The van der Waals surface area contributed by atoms with Gasteiger partial charge in [0.2, 0.25) is 5.91 Å². The summed E-state index contributed by atoms with van der Waals surface area (Å²) in [5.41, 5.74) is 2.32. The van der Waals surface area contributed by atoms with Crippen LogP contribution in [0, 0.1) is 0 Å². The van der Waals surface area contributed by atoms with Crippen molar-refractivity contribution in [2.75, 3.05) is 11.9 Å². The lowest BCUT2D eigenvalue weighted by Gasteiger charge is -2.07. The Morgan fingerprint density at radius 3 is 2.90 bits per heavy atom. The average Bonchev–Trinajstić information content (AvgIpc) is 3.17. The molecule has 0 radical (unpaired) electrons. The highest BCUT2D eigenvalue weighted by atomic mass is 32.1. The van der Waals surface area contributed by atoms with Crippen molar-refractivity contribution in [1.82, 2.24) is 4.98 Å². The maximum Gasteiger partial charge on any atom is 0.336 e. The molecule has 0 aliphatic rings. The van der Waals surface area contributed by atoms with E-state index in [2.05, 4.69) is 10.3 Å². The lowest BCUT2D eigenvalue weighted by atomic mass is 10.2. The fourth-order valence-corrected chi connectivity index (χ4v) is 3.81. The molecule has 0 bridgehead atoms. The Kier molecular flexibility index (Phi) is 5.39. The predicted octanol–water partition coefficient (Wildman–Crippen LogP) is 4.50. The lowest BCUT2D eigenvalue weighted by Crippen LogP contribution is -2.14. The maximum atomic E-state index is 12.4. The molecule has 0 spiro atoms. The molecule has 6 nitrogen and oxygen atoms in total. The van der Waals surface area contributed by atoms with E-state index in [1.165, 1.54) is 17.4 Å². The highest BCUT2D eigenvalue weighted by Gasteiger charge is 2.13. The topological polar surface area (TPSA) is 81.4 Å². The zero-order valence-corrected chi connectivity index (χ0v) is 16.5. The van der Waals surface area contributed by atoms with Crippen molar-refractivity contribution >= 4 is 33.9 Å². The van der Waals surface area contributed by atoms with Crippen LogP contribution in [0.25, 0.3) is 21.5 Å². The number of para-hydroxylation sites is 1. The van der Waals surface area contributed by atoms with Gasteiger partial charge in [-0.05, 0) is 43.3 Å². The number of ether oxygens (including phenoxy) is 1. The molecule has 0 unspecified atom stereocenters. The molecule has 4 rings (SSSR count). The molecule has 0 aliphatic heterocycles. The van der Waals surface area contributed by atoms with Gasteiger partial charge in [0.1, 0.15) is 16.3 Å². The van der Waals surface area contributed by atoms with Gasteiger partial charge in [-0.15, -0.1) is 11.3 Å².